The summed E-state index contributed by atoms with van der Waals surface area (Å²) in [6.45, 7) is 0.743. The van der Waals surface area contributed by atoms with Crippen molar-refractivity contribution in [3.63, 3.8) is 0 Å². The summed E-state index contributed by atoms with van der Waals surface area (Å²) >= 11 is 0. The van der Waals surface area contributed by atoms with Gasteiger partial charge in [0.25, 0.3) is 0 Å². The Morgan fingerprint density at radius 2 is 1.72 bits per heavy atom. The summed E-state index contributed by atoms with van der Waals surface area (Å²) in [6, 6.07) is 15.0. The molecule has 2 aromatic carbocycles. The fraction of sp³-hybridized carbons (Fsp3) is 0.150. The van der Waals surface area contributed by atoms with Crippen LogP contribution in [-0.2, 0) is 0 Å². The first-order valence-electron chi connectivity index (χ1n) is 8.19. The van der Waals surface area contributed by atoms with Crippen LogP contribution in [0, 0.1) is 5.82 Å². The lowest BCUT2D eigenvalue weighted by molar-refractivity contribution is 0.485. The Morgan fingerprint density at radius 1 is 1.00 bits per heavy atom. The van der Waals surface area contributed by atoms with Gasteiger partial charge in [-0.1, -0.05) is 0 Å². The van der Waals surface area contributed by atoms with E-state index in [2.05, 4.69) is 50.3 Å². The van der Waals surface area contributed by atoms with Crippen molar-refractivity contribution in [3.05, 3.63) is 77.9 Å². The Hall–Kier alpha value is -3.08. The van der Waals surface area contributed by atoms with Crippen LogP contribution in [0.25, 0.3) is 5.70 Å². The second-order valence-electron chi connectivity index (χ2n) is 6.20. The number of anilines is 2. The Labute approximate surface area is 146 Å². The fourth-order valence-electron chi connectivity index (χ4n) is 3.06. The van der Waals surface area contributed by atoms with Crippen LogP contribution in [0.1, 0.15) is 5.56 Å². The van der Waals surface area contributed by atoms with E-state index in [0.29, 0.717) is 0 Å². The van der Waals surface area contributed by atoms with Gasteiger partial charge in [-0.3, -0.25) is 5.01 Å². The van der Waals surface area contributed by atoms with E-state index < -0.39 is 0 Å². The monoisotopic (exact) mass is 334 g/mol. The first kappa shape index (κ1) is 15.4. The maximum atomic E-state index is 13.3. The van der Waals surface area contributed by atoms with Crippen molar-refractivity contribution < 1.29 is 4.39 Å². The van der Waals surface area contributed by atoms with Gasteiger partial charge in [-0.15, -0.1) is 0 Å². The van der Waals surface area contributed by atoms with Crippen molar-refractivity contribution in [2.24, 2.45) is 4.99 Å². The standard InChI is InChI=1S/C20H19FN4/c1-23(2)17-7-9-18(10-8-17)24-14-12-20-22-13-11-19(25(20)24)15-3-5-16(21)6-4-15/h3-13H,14H2,1-2H3. The molecular weight excluding hydrogens is 315 g/mol. The minimum absolute atomic E-state index is 0.234. The summed E-state index contributed by atoms with van der Waals surface area (Å²) in [4.78, 5) is 6.54. The summed E-state index contributed by atoms with van der Waals surface area (Å²) in [5.41, 5.74) is 4.18. The van der Waals surface area contributed by atoms with Crippen LogP contribution in [-0.4, -0.2) is 31.9 Å². The number of aliphatic imine (C=N–C) groups is 1. The summed E-state index contributed by atoms with van der Waals surface area (Å²) < 4.78 is 13.3. The van der Waals surface area contributed by atoms with Gasteiger partial charge in [-0.25, -0.2) is 14.4 Å². The van der Waals surface area contributed by atoms with Crippen LogP contribution in [0.4, 0.5) is 15.8 Å². The van der Waals surface area contributed by atoms with Gasteiger partial charge in [-0.05, 0) is 60.7 Å². The smallest absolute Gasteiger partial charge is 0.149 e. The highest BCUT2D eigenvalue weighted by Gasteiger charge is 2.29. The van der Waals surface area contributed by atoms with Gasteiger partial charge in [0.1, 0.15) is 11.6 Å². The van der Waals surface area contributed by atoms with Crippen LogP contribution >= 0.6 is 0 Å². The van der Waals surface area contributed by atoms with Gasteiger partial charge in [0.05, 0.1) is 17.9 Å². The van der Waals surface area contributed by atoms with Gasteiger partial charge in [-0.2, -0.15) is 0 Å². The molecule has 0 amide bonds. The number of rotatable bonds is 3. The normalized spacial score (nSPS) is 15.8. The van der Waals surface area contributed by atoms with E-state index in [-0.39, 0.29) is 5.82 Å². The van der Waals surface area contributed by atoms with Crippen molar-refractivity contribution in [3.8, 4) is 0 Å². The summed E-state index contributed by atoms with van der Waals surface area (Å²) in [6.07, 6.45) is 5.84. The van der Waals surface area contributed by atoms with E-state index in [9.17, 15) is 4.39 Å². The van der Waals surface area contributed by atoms with E-state index in [1.165, 1.54) is 12.1 Å². The van der Waals surface area contributed by atoms with E-state index in [1.54, 1.807) is 18.3 Å². The second kappa shape index (κ2) is 6.09. The van der Waals surface area contributed by atoms with Crippen LogP contribution < -0.4 is 9.91 Å². The summed E-state index contributed by atoms with van der Waals surface area (Å²) in [7, 11) is 4.05. The van der Waals surface area contributed by atoms with Gasteiger partial charge in [0.2, 0.25) is 0 Å². The van der Waals surface area contributed by atoms with E-state index in [4.69, 9.17) is 0 Å². The van der Waals surface area contributed by atoms with Crippen LogP contribution in [0.5, 0.6) is 0 Å². The lowest BCUT2D eigenvalue weighted by Crippen LogP contribution is -2.37. The lowest BCUT2D eigenvalue weighted by Gasteiger charge is -2.35. The van der Waals surface area contributed by atoms with Crippen molar-refractivity contribution >= 4 is 23.3 Å². The predicted molar refractivity (Wildman–Crippen MR) is 101 cm³/mol. The molecule has 4 nitrogen and oxygen atoms in total. The molecule has 5 heteroatoms. The molecule has 0 saturated carbocycles. The third-order valence-electron chi connectivity index (χ3n) is 4.38. The second-order valence-corrected chi connectivity index (χ2v) is 6.20. The van der Waals surface area contributed by atoms with Gasteiger partial charge >= 0.3 is 0 Å². The van der Waals surface area contributed by atoms with Gasteiger partial charge in [0.15, 0.2) is 0 Å². The maximum absolute atomic E-state index is 13.3. The van der Waals surface area contributed by atoms with Crippen LogP contribution in [0.2, 0.25) is 0 Å². The topological polar surface area (TPSA) is 22.1 Å². The Morgan fingerprint density at radius 3 is 2.40 bits per heavy atom. The van der Waals surface area contributed by atoms with Crippen molar-refractivity contribution in [2.75, 3.05) is 30.5 Å². The summed E-state index contributed by atoms with van der Waals surface area (Å²) in [5.74, 6) is 0.653. The molecule has 0 unspecified atom stereocenters. The number of hydrogen-bond acceptors (Lipinski definition) is 4. The van der Waals surface area contributed by atoms with E-state index in [0.717, 1.165) is 35.0 Å². The largest absolute Gasteiger partial charge is 0.378 e. The molecule has 4 rings (SSSR count). The average Bonchev–Trinajstić information content (AvgIpc) is 3.07. The Balaban J connectivity index is 1.68. The number of hydrogen-bond donors (Lipinski definition) is 0. The molecule has 0 radical (unpaired) electrons. The predicted octanol–water partition coefficient (Wildman–Crippen LogP) is 3.90. The minimum Gasteiger partial charge on any atom is -0.378 e. The third-order valence-corrected chi connectivity index (χ3v) is 4.38. The molecule has 0 N–H and O–H groups in total. The molecule has 2 aliphatic rings. The molecule has 0 aliphatic carbocycles. The van der Waals surface area contributed by atoms with Crippen LogP contribution in [0.15, 0.2) is 71.5 Å². The third kappa shape index (κ3) is 2.78. The molecule has 0 atom stereocenters. The van der Waals surface area contributed by atoms with Gasteiger partial charge in [0, 0.05) is 31.6 Å². The highest BCUT2D eigenvalue weighted by atomic mass is 19.1. The lowest BCUT2D eigenvalue weighted by atomic mass is 10.1. The zero-order chi connectivity index (χ0) is 17.4. The number of benzene rings is 2. The van der Waals surface area contributed by atoms with Crippen molar-refractivity contribution in [1.29, 1.82) is 0 Å². The van der Waals surface area contributed by atoms with Crippen LogP contribution in [0.3, 0.4) is 0 Å². The SMILES string of the molecule is CN(C)c1ccc(N2CC=C3N=CC=C(c4ccc(F)cc4)N32)cc1. The molecule has 0 spiro atoms. The highest BCUT2D eigenvalue weighted by molar-refractivity contribution is 5.88. The zero-order valence-electron chi connectivity index (χ0n) is 14.2. The minimum atomic E-state index is -0.234. The number of fused-ring (bicyclic) bond motifs is 1. The fourth-order valence-corrected chi connectivity index (χ4v) is 3.06. The Kier molecular flexibility index (Phi) is 3.76. The average molecular weight is 334 g/mol. The zero-order valence-corrected chi connectivity index (χ0v) is 14.2. The quantitative estimate of drug-likeness (QED) is 0.850. The summed E-state index contributed by atoms with van der Waals surface area (Å²) in [5, 5.41) is 4.25. The molecule has 2 aliphatic heterocycles. The Bertz CT molecular complexity index is 864. The van der Waals surface area contributed by atoms with E-state index >= 15 is 0 Å². The van der Waals surface area contributed by atoms with Crippen molar-refractivity contribution in [1.82, 2.24) is 5.01 Å². The molecule has 0 aromatic heterocycles. The molecular formula is C20H19FN4. The maximum Gasteiger partial charge on any atom is 0.149 e. The molecule has 2 heterocycles. The molecule has 25 heavy (non-hydrogen) atoms. The number of halogens is 1. The highest BCUT2D eigenvalue weighted by Crippen LogP contribution is 2.35. The van der Waals surface area contributed by atoms with E-state index in [1.807, 2.05) is 20.2 Å². The molecule has 2 aromatic rings. The number of nitrogens with zero attached hydrogens (tertiary/aromatic N) is 4. The molecule has 0 fully saturated rings. The van der Waals surface area contributed by atoms with Gasteiger partial charge < -0.3 is 4.90 Å². The molecule has 0 saturated heterocycles. The first-order chi connectivity index (χ1) is 12.1. The first-order valence-corrected chi connectivity index (χ1v) is 8.19. The van der Waals surface area contributed by atoms with Crippen molar-refractivity contribution in [2.45, 2.75) is 0 Å². The molecule has 0 bridgehead atoms. The number of allylic oxidation sites excluding steroid dienone is 1. The number of hydrazine groups is 1. The molecule has 126 valence electrons.